The van der Waals surface area contributed by atoms with Crippen LogP contribution in [0.2, 0.25) is 0 Å². The molecule has 5 aromatic heterocycles. The number of aromatic nitrogens is 8. The molecule has 5 rings (SSSR count). The number of hydrogen-bond donors (Lipinski definition) is 1. The van der Waals surface area contributed by atoms with Crippen molar-refractivity contribution in [3.8, 4) is 22.6 Å². The molecule has 0 spiro atoms. The van der Waals surface area contributed by atoms with Gasteiger partial charge in [0.05, 0.1) is 29.7 Å². The topological polar surface area (TPSA) is 105 Å². The maximum atomic E-state index is 6.03. The van der Waals surface area contributed by atoms with Gasteiger partial charge in [-0.15, -0.1) is 0 Å². The Bertz CT molecular complexity index is 1270. The smallest absolute Gasteiger partial charge is 0.149 e. The van der Waals surface area contributed by atoms with Crippen molar-refractivity contribution in [1.82, 2.24) is 38.9 Å². The van der Waals surface area contributed by atoms with Crippen molar-refractivity contribution in [1.29, 1.82) is 0 Å². The molecule has 0 aromatic carbocycles. The first kappa shape index (κ1) is 17.3. The van der Waals surface area contributed by atoms with Gasteiger partial charge in [0.25, 0.3) is 0 Å². The molecule has 0 aliphatic carbocycles. The monoisotopic (exact) mass is 385 g/mol. The molecule has 5 aromatic rings. The van der Waals surface area contributed by atoms with Gasteiger partial charge in [-0.3, -0.25) is 18.7 Å². The van der Waals surface area contributed by atoms with Crippen molar-refractivity contribution < 1.29 is 0 Å². The van der Waals surface area contributed by atoms with E-state index in [1.54, 1.807) is 29.5 Å². The number of rotatable bonds is 5. The summed E-state index contributed by atoms with van der Waals surface area (Å²) >= 11 is 0. The lowest BCUT2D eigenvalue weighted by Gasteiger charge is -2.15. The summed E-state index contributed by atoms with van der Waals surface area (Å²) in [6.07, 6.45) is 14.7. The highest BCUT2D eigenvalue weighted by molar-refractivity contribution is 5.68. The Hall–Kier alpha value is -3.85. The molecule has 5 heterocycles. The average molecular weight is 385 g/mol. The summed E-state index contributed by atoms with van der Waals surface area (Å²) in [5.74, 6) is 0.757. The lowest BCUT2D eigenvalue weighted by Crippen LogP contribution is -2.20. The summed E-state index contributed by atoms with van der Waals surface area (Å²) in [4.78, 5) is 13.5. The Morgan fingerprint density at radius 2 is 1.97 bits per heavy atom. The zero-order valence-electron chi connectivity index (χ0n) is 15.8. The Morgan fingerprint density at radius 3 is 2.72 bits per heavy atom. The molecule has 0 saturated heterocycles. The predicted octanol–water partition coefficient (Wildman–Crippen LogP) is 1.94. The van der Waals surface area contributed by atoms with Gasteiger partial charge in [0, 0.05) is 62.4 Å². The molecule has 9 heteroatoms. The number of hydrogen-bond acceptors (Lipinski definition) is 6. The number of nitrogens with zero attached hydrogens (tertiary/aromatic N) is 8. The fourth-order valence-electron chi connectivity index (χ4n) is 3.42. The predicted molar refractivity (Wildman–Crippen MR) is 108 cm³/mol. The summed E-state index contributed by atoms with van der Waals surface area (Å²) in [5, 5.41) is 8.80. The first-order valence-corrected chi connectivity index (χ1v) is 9.20. The Kier molecular flexibility index (Phi) is 4.14. The molecule has 0 fully saturated rings. The molecule has 9 nitrogen and oxygen atoms in total. The highest BCUT2D eigenvalue weighted by atomic mass is 15.3. The molecule has 0 aliphatic rings. The molecule has 0 saturated carbocycles. The maximum Gasteiger partial charge on any atom is 0.149 e. The lowest BCUT2D eigenvalue weighted by molar-refractivity contribution is 0.530. The highest BCUT2D eigenvalue weighted by Gasteiger charge is 2.17. The van der Waals surface area contributed by atoms with Gasteiger partial charge in [0.1, 0.15) is 11.5 Å². The van der Waals surface area contributed by atoms with E-state index >= 15 is 0 Å². The largest absolute Gasteiger partial charge is 0.328 e. The van der Waals surface area contributed by atoms with Crippen LogP contribution in [0.1, 0.15) is 11.6 Å². The number of fused-ring (bicyclic) bond motifs is 1. The van der Waals surface area contributed by atoms with E-state index in [0.29, 0.717) is 6.54 Å². The first-order valence-electron chi connectivity index (χ1n) is 9.20. The summed E-state index contributed by atoms with van der Waals surface area (Å²) < 4.78 is 5.56. The normalized spacial score (nSPS) is 12.5. The van der Waals surface area contributed by atoms with E-state index in [1.165, 1.54) is 0 Å². The molecule has 2 N–H and O–H groups in total. The average Bonchev–Trinajstić information content (AvgIpc) is 3.49. The van der Waals surface area contributed by atoms with Crippen LogP contribution in [0.5, 0.6) is 0 Å². The third kappa shape index (κ3) is 3.07. The van der Waals surface area contributed by atoms with E-state index in [1.807, 2.05) is 59.1 Å². The first-order chi connectivity index (χ1) is 14.2. The molecule has 0 bridgehead atoms. The van der Waals surface area contributed by atoms with Gasteiger partial charge in [0.15, 0.2) is 0 Å². The maximum absolute atomic E-state index is 6.03. The van der Waals surface area contributed by atoms with Gasteiger partial charge in [-0.1, -0.05) is 6.07 Å². The molecular formula is C20H19N9. The minimum atomic E-state index is -0.0998. The second-order valence-electron chi connectivity index (χ2n) is 6.77. The van der Waals surface area contributed by atoms with Crippen LogP contribution in [-0.4, -0.2) is 45.5 Å². The van der Waals surface area contributed by atoms with E-state index in [4.69, 9.17) is 10.7 Å². The summed E-state index contributed by atoms with van der Waals surface area (Å²) in [5.41, 5.74) is 10.5. The van der Waals surface area contributed by atoms with Crippen LogP contribution in [-0.2, 0) is 7.05 Å². The fraction of sp³-hybridized carbons (Fsp3) is 0.150. The van der Waals surface area contributed by atoms with Crippen LogP contribution in [0.25, 0.3) is 28.3 Å². The number of pyridine rings is 1. The van der Waals surface area contributed by atoms with Crippen LogP contribution in [0, 0.1) is 0 Å². The molecule has 0 amide bonds. The second kappa shape index (κ2) is 6.95. The van der Waals surface area contributed by atoms with E-state index in [9.17, 15) is 0 Å². The van der Waals surface area contributed by atoms with Crippen molar-refractivity contribution in [2.24, 2.45) is 12.8 Å². The molecule has 0 radical (unpaired) electrons. The van der Waals surface area contributed by atoms with Crippen molar-refractivity contribution >= 4 is 5.65 Å². The Morgan fingerprint density at radius 1 is 1.07 bits per heavy atom. The van der Waals surface area contributed by atoms with Crippen molar-refractivity contribution in [2.45, 2.75) is 6.04 Å². The van der Waals surface area contributed by atoms with Gasteiger partial charge in [-0.2, -0.15) is 10.2 Å². The molecule has 1 unspecified atom stereocenters. The minimum Gasteiger partial charge on any atom is -0.328 e. The zero-order valence-corrected chi connectivity index (χ0v) is 15.8. The SMILES string of the molecule is Cn1cc(-c2cc3nccn3c(-c3cnn(C(CN)c4cccnc4)c3)n2)cn1. The van der Waals surface area contributed by atoms with Crippen molar-refractivity contribution in [3.05, 3.63) is 73.3 Å². The lowest BCUT2D eigenvalue weighted by atomic mass is 10.1. The standard InChI is InChI=1S/C20H19N9/c1-27-12-15(10-24-27)17-7-19-23-5-6-28(19)20(26-17)16-11-25-29(13-16)18(8-21)14-3-2-4-22-9-14/h2-7,9-13,18H,8,21H2,1H3. The third-order valence-electron chi connectivity index (χ3n) is 4.86. The third-order valence-corrected chi connectivity index (χ3v) is 4.86. The van der Waals surface area contributed by atoms with E-state index in [2.05, 4.69) is 20.2 Å². The molecule has 29 heavy (non-hydrogen) atoms. The Balaban J connectivity index is 1.60. The van der Waals surface area contributed by atoms with Gasteiger partial charge in [-0.05, 0) is 11.6 Å². The Labute approximate surface area is 166 Å². The number of imidazole rings is 1. The van der Waals surface area contributed by atoms with Crippen LogP contribution in [0.15, 0.2) is 67.8 Å². The number of nitrogens with two attached hydrogens (primary N) is 1. The fourth-order valence-corrected chi connectivity index (χ4v) is 3.42. The van der Waals surface area contributed by atoms with Gasteiger partial charge in [0.2, 0.25) is 0 Å². The summed E-state index contributed by atoms with van der Waals surface area (Å²) in [7, 11) is 1.88. The van der Waals surface area contributed by atoms with Crippen molar-refractivity contribution in [3.63, 3.8) is 0 Å². The zero-order chi connectivity index (χ0) is 19.8. The molecule has 1 atom stereocenters. The van der Waals surface area contributed by atoms with Crippen LogP contribution in [0.4, 0.5) is 0 Å². The van der Waals surface area contributed by atoms with Crippen LogP contribution in [0.3, 0.4) is 0 Å². The van der Waals surface area contributed by atoms with Crippen LogP contribution >= 0.6 is 0 Å². The number of aryl methyl sites for hydroxylation is 1. The van der Waals surface area contributed by atoms with Gasteiger partial charge >= 0.3 is 0 Å². The second-order valence-corrected chi connectivity index (χ2v) is 6.77. The summed E-state index contributed by atoms with van der Waals surface area (Å²) in [6, 6.07) is 5.75. The summed E-state index contributed by atoms with van der Waals surface area (Å²) in [6.45, 7) is 0.413. The quantitative estimate of drug-likeness (QED) is 0.496. The van der Waals surface area contributed by atoms with Crippen molar-refractivity contribution in [2.75, 3.05) is 6.54 Å². The molecule has 0 aliphatic heterocycles. The molecule has 144 valence electrons. The van der Waals surface area contributed by atoms with E-state index in [0.717, 1.165) is 33.9 Å². The van der Waals surface area contributed by atoms with Gasteiger partial charge in [-0.25, -0.2) is 9.97 Å². The molecular weight excluding hydrogens is 366 g/mol. The van der Waals surface area contributed by atoms with E-state index in [-0.39, 0.29) is 6.04 Å². The minimum absolute atomic E-state index is 0.0998. The van der Waals surface area contributed by atoms with Gasteiger partial charge < -0.3 is 5.73 Å². The highest BCUT2D eigenvalue weighted by Crippen LogP contribution is 2.26. The van der Waals surface area contributed by atoms with Crippen LogP contribution < -0.4 is 5.73 Å². The van der Waals surface area contributed by atoms with E-state index < -0.39 is 0 Å².